The topological polar surface area (TPSA) is 51.5 Å². The molecule has 0 aliphatic heterocycles. The van der Waals surface area contributed by atoms with Gasteiger partial charge in [0.1, 0.15) is 12.4 Å². The van der Waals surface area contributed by atoms with Crippen molar-refractivity contribution in [1.82, 2.24) is 0 Å². The highest BCUT2D eigenvalue weighted by atomic mass is 35.5. The van der Waals surface area contributed by atoms with E-state index in [-0.39, 0.29) is 0 Å². The molecule has 0 heterocycles. The van der Waals surface area contributed by atoms with Gasteiger partial charge in [0.15, 0.2) is 11.5 Å². The van der Waals surface area contributed by atoms with Crippen LogP contribution in [0.1, 0.15) is 16.7 Å². The molecule has 0 saturated heterocycles. The Bertz CT molecular complexity index is 1050. The molecule has 0 aromatic heterocycles. The molecule has 0 N–H and O–H groups in total. The normalized spacial score (nSPS) is 10.9. The summed E-state index contributed by atoms with van der Waals surface area (Å²) >= 11 is 5.93. The third-order valence-corrected chi connectivity index (χ3v) is 4.59. The Kier molecular flexibility index (Phi) is 6.78. The number of para-hydroxylation sites is 1. The fourth-order valence-electron chi connectivity index (χ4n) is 2.81. The first-order chi connectivity index (χ1) is 14.1. The third kappa shape index (κ3) is 5.10. The molecular weight excluding hydrogens is 386 g/mol. The van der Waals surface area contributed by atoms with Crippen molar-refractivity contribution in [3.05, 3.63) is 88.4 Å². The SMILES string of the molecule is COc1ccc(/C(C#N)=C/c2ccccc2OCc2ccc(Cl)cc2)cc1OC. The van der Waals surface area contributed by atoms with Crippen LogP contribution >= 0.6 is 11.6 Å². The van der Waals surface area contributed by atoms with Crippen molar-refractivity contribution < 1.29 is 14.2 Å². The maximum Gasteiger partial charge on any atom is 0.161 e. The third-order valence-electron chi connectivity index (χ3n) is 4.34. The zero-order chi connectivity index (χ0) is 20.6. The number of allylic oxidation sites excluding steroid dienone is 1. The second kappa shape index (κ2) is 9.68. The van der Waals surface area contributed by atoms with E-state index in [1.165, 1.54) is 0 Å². The molecule has 3 aromatic carbocycles. The molecule has 29 heavy (non-hydrogen) atoms. The van der Waals surface area contributed by atoms with Gasteiger partial charge in [-0.3, -0.25) is 0 Å². The summed E-state index contributed by atoms with van der Waals surface area (Å²) in [5.41, 5.74) is 3.05. The van der Waals surface area contributed by atoms with Crippen LogP contribution in [0.3, 0.4) is 0 Å². The number of halogens is 1. The molecule has 0 unspecified atom stereocenters. The Morgan fingerprint density at radius 3 is 2.34 bits per heavy atom. The first kappa shape index (κ1) is 20.3. The maximum atomic E-state index is 9.71. The van der Waals surface area contributed by atoms with Gasteiger partial charge in [0.2, 0.25) is 0 Å². The van der Waals surface area contributed by atoms with E-state index in [2.05, 4.69) is 6.07 Å². The van der Waals surface area contributed by atoms with Gasteiger partial charge in [0.05, 0.1) is 25.9 Å². The molecular formula is C24H20ClNO3. The molecule has 0 spiro atoms. The molecule has 0 atom stereocenters. The number of ether oxygens (including phenoxy) is 3. The zero-order valence-corrected chi connectivity index (χ0v) is 16.9. The second-order valence-electron chi connectivity index (χ2n) is 6.19. The lowest BCUT2D eigenvalue weighted by Crippen LogP contribution is -1.97. The number of benzene rings is 3. The van der Waals surface area contributed by atoms with Crippen LogP contribution in [0.4, 0.5) is 0 Å². The molecule has 0 amide bonds. The minimum atomic E-state index is 0.403. The van der Waals surface area contributed by atoms with Gasteiger partial charge in [-0.1, -0.05) is 41.9 Å². The van der Waals surface area contributed by atoms with Crippen molar-refractivity contribution in [2.24, 2.45) is 0 Å². The van der Waals surface area contributed by atoms with Gasteiger partial charge in [-0.15, -0.1) is 0 Å². The molecule has 146 valence electrons. The standard InChI is InChI=1S/C24H20ClNO3/c1-27-23-12-9-18(14-24(23)28-2)20(15-26)13-19-5-3-4-6-22(19)29-16-17-7-10-21(25)11-8-17/h3-14H,16H2,1-2H3/b20-13+. The Hall–Kier alpha value is -3.42. The van der Waals surface area contributed by atoms with E-state index in [4.69, 9.17) is 25.8 Å². The van der Waals surface area contributed by atoms with Crippen LogP contribution in [0, 0.1) is 11.3 Å². The number of hydrogen-bond acceptors (Lipinski definition) is 4. The Morgan fingerprint density at radius 2 is 1.66 bits per heavy atom. The lowest BCUT2D eigenvalue weighted by Gasteiger charge is -2.11. The summed E-state index contributed by atoms with van der Waals surface area (Å²) in [5.74, 6) is 1.87. The Morgan fingerprint density at radius 1 is 0.931 bits per heavy atom. The van der Waals surface area contributed by atoms with E-state index in [0.717, 1.165) is 16.7 Å². The molecule has 0 aliphatic rings. The van der Waals surface area contributed by atoms with E-state index in [1.807, 2.05) is 54.6 Å². The number of nitriles is 1. The summed E-state index contributed by atoms with van der Waals surface area (Å²) in [6.07, 6.45) is 1.80. The first-order valence-electron chi connectivity index (χ1n) is 8.95. The Labute approximate surface area is 175 Å². The van der Waals surface area contributed by atoms with E-state index < -0.39 is 0 Å². The zero-order valence-electron chi connectivity index (χ0n) is 16.2. The van der Waals surface area contributed by atoms with Crippen LogP contribution in [0.5, 0.6) is 17.2 Å². The van der Waals surface area contributed by atoms with Crippen LogP contribution in [0.2, 0.25) is 5.02 Å². The highest BCUT2D eigenvalue weighted by molar-refractivity contribution is 6.30. The summed E-state index contributed by atoms with van der Waals surface area (Å²) in [6.45, 7) is 0.403. The van der Waals surface area contributed by atoms with Gasteiger partial charge in [-0.25, -0.2) is 0 Å². The van der Waals surface area contributed by atoms with Crippen LogP contribution in [0.15, 0.2) is 66.7 Å². The summed E-state index contributed by atoms with van der Waals surface area (Å²) in [6, 6.07) is 22.8. The largest absolute Gasteiger partial charge is 0.493 e. The minimum absolute atomic E-state index is 0.403. The minimum Gasteiger partial charge on any atom is -0.493 e. The lowest BCUT2D eigenvalue weighted by atomic mass is 10.0. The summed E-state index contributed by atoms with van der Waals surface area (Å²) in [7, 11) is 3.14. The molecule has 3 rings (SSSR count). The molecule has 3 aromatic rings. The average molecular weight is 406 g/mol. The highest BCUT2D eigenvalue weighted by Gasteiger charge is 2.10. The van der Waals surface area contributed by atoms with Crippen molar-refractivity contribution in [2.45, 2.75) is 6.61 Å². The monoisotopic (exact) mass is 405 g/mol. The van der Waals surface area contributed by atoms with Crippen molar-refractivity contribution in [1.29, 1.82) is 5.26 Å². The summed E-state index contributed by atoms with van der Waals surface area (Å²) < 4.78 is 16.6. The van der Waals surface area contributed by atoms with Gasteiger partial charge in [0.25, 0.3) is 0 Å². The molecule has 5 heteroatoms. The van der Waals surface area contributed by atoms with Gasteiger partial charge in [0, 0.05) is 10.6 Å². The average Bonchev–Trinajstić information content (AvgIpc) is 2.77. The van der Waals surface area contributed by atoms with E-state index in [0.29, 0.717) is 34.5 Å². The van der Waals surface area contributed by atoms with Crippen molar-refractivity contribution in [2.75, 3.05) is 14.2 Å². The fourth-order valence-corrected chi connectivity index (χ4v) is 2.94. The molecule has 4 nitrogen and oxygen atoms in total. The van der Waals surface area contributed by atoms with Crippen LogP contribution in [-0.2, 0) is 6.61 Å². The van der Waals surface area contributed by atoms with Crippen molar-refractivity contribution in [3.8, 4) is 23.3 Å². The summed E-state index contributed by atoms with van der Waals surface area (Å²) in [5, 5.41) is 10.4. The molecule has 0 fully saturated rings. The maximum absolute atomic E-state index is 9.71. The number of nitrogens with zero attached hydrogens (tertiary/aromatic N) is 1. The van der Waals surface area contributed by atoms with Gasteiger partial charge in [-0.2, -0.15) is 5.26 Å². The molecule has 0 bridgehead atoms. The molecule has 0 aliphatic carbocycles. The Balaban J connectivity index is 1.88. The highest BCUT2D eigenvalue weighted by Crippen LogP contribution is 2.32. The number of hydrogen-bond donors (Lipinski definition) is 0. The van der Waals surface area contributed by atoms with E-state index in [9.17, 15) is 5.26 Å². The quantitative estimate of drug-likeness (QED) is 0.357. The predicted octanol–water partition coefficient (Wildman–Crippen LogP) is 6.00. The number of methoxy groups -OCH3 is 2. The molecule has 0 saturated carbocycles. The fraction of sp³-hybridized carbons (Fsp3) is 0.125. The van der Waals surface area contributed by atoms with E-state index >= 15 is 0 Å². The second-order valence-corrected chi connectivity index (χ2v) is 6.63. The van der Waals surface area contributed by atoms with Gasteiger partial charge < -0.3 is 14.2 Å². The predicted molar refractivity (Wildman–Crippen MR) is 115 cm³/mol. The van der Waals surface area contributed by atoms with E-state index in [1.54, 1.807) is 32.4 Å². The van der Waals surface area contributed by atoms with Crippen LogP contribution in [0.25, 0.3) is 11.6 Å². The van der Waals surface area contributed by atoms with Gasteiger partial charge in [-0.05, 0) is 53.6 Å². The van der Waals surface area contributed by atoms with Crippen molar-refractivity contribution in [3.63, 3.8) is 0 Å². The van der Waals surface area contributed by atoms with Crippen LogP contribution in [-0.4, -0.2) is 14.2 Å². The first-order valence-corrected chi connectivity index (χ1v) is 9.33. The van der Waals surface area contributed by atoms with Gasteiger partial charge >= 0.3 is 0 Å². The smallest absolute Gasteiger partial charge is 0.161 e. The molecule has 0 radical (unpaired) electrons. The summed E-state index contributed by atoms with van der Waals surface area (Å²) in [4.78, 5) is 0. The number of rotatable bonds is 7. The lowest BCUT2D eigenvalue weighted by molar-refractivity contribution is 0.305. The van der Waals surface area contributed by atoms with Crippen molar-refractivity contribution >= 4 is 23.3 Å². The van der Waals surface area contributed by atoms with Crippen LogP contribution < -0.4 is 14.2 Å².